The Balaban J connectivity index is 2.14. The highest BCUT2D eigenvalue weighted by Crippen LogP contribution is 2.31. The molecule has 2 rings (SSSR count). The van der Waals surface area contributed by atoms with E-state index in [-0.39, 0.29) is 0 Å². The van der Waals surface area contributed by atoms with Crippen molar-refractivity contribution in [1.29, 1.82) is 0 Å². The molecule has 5 heteroatoms. The van der Waals surface area contributed by atoms with Crippen LogP contribution in [0.4, 0.5) is 0 Å². The Labute approximate surface area is 122 Å². The van der Waals surface area contributed by atoms with Gasteiger partial charge in [0.1, 0.15) is 0 Å². The fourth-order valence-electron chi connectivity index (χ4n) is 2.48. The Morgan fingerprint density at radius 3 is 2.78 bits per heavy atom. The fourth-order valence-corrected chi connectivity index (χ4v) is 4.07. The van der Waals surface area contributed by atoms with E-state index in [1.54, 1.807) is 0 Å². The Hall–Kier alpha value is -0.0000000000000000555. The number of hydrogen-bond donors (Lipinski definition) is 0. The monoisotopic (exact) mass is 331 g/mol. The summed E-state index contributed by atoms with van der Waals surface area (Å²) in [5.74, 6) is 1.23. The molecule has 3 nitrogen and oxygen atoms in total. The van der Waals surface area contributed by atoms with Crippen LogP contribution in [0.1, 0.15) is 32.2 Å². The molecule has 0 saturated carbocycles. The van der Waals surface area contributed by atoms with Crippen molar-refractivity contribution in [1.82, 2.24) is 14.7 Å². The first-order valence-electron chi connectivity index (χ1n) is 6.51. The van der Waals surface area contributed by atoms with Gasteiger partial charge in [-0.25, -0.2) is 0 Å². The van der Waals surface area contributed by atoms with Gasteiger partial charge in [0.05, 0.1) is 15.9 Å². The summed E-state index contributed by atoms with van der Waals surface area (Å²) in [5.41, 5.74) is 2.41. The maximum atomic E-state index is 4.57. The van der Waals surface area contributed by atoms with Crippen molar-refractivity contribution >= 4 is 27.7 Å². The van der Waals surface area contributed by atoms with Crippen molar-refractivity contribution < 1.29 is 0 Å². The molecule has 0 amide bonds. The van der Waals surface area contributed by atoms with Crippen LogP contribution in [0.5, 0.6) is 0 Å². The first-order chi connectivity index (χ1) is 8.43. The molecule has 0 bridgehead atoms. The predicted octanol–water partition coefficient (Wildman–Crippen LogP) is 3.30. The second kappa shape index (κ2) is 5.55. The summed E-state index contributed by atoms with van der Waals surface area (Å²) in [6.45, 7) is 13.1. The van der Waals surface area contributed by atoms with Gasteiger partial charge in [-0.2, -0.15) is 16.9 Å². The number of aromatic nitrogens is 2. The van der Waals surface area contributed by atoms with E-state index in [0.717, 1.165) is 25.3 Å². The summed E-state index contributed by atoms with van der Waals surface area (Å²) in [6, 6.07) is 0. The Bertz CT molecular complexity index is 428. The highest BCUT2D eigenvalue weighted by atomic mass is 79.9. The van der Waals surface area contributed by atoms with Crippen LogP contribution in [0.2, 0.25) is 0 Å². The van der Waals surface area contributed by atoms with Crippen molar-refractivity contribution in [3.63, 3.8) is 0 Å². The molecule has 102 valence electrons. The first-order valence-corrected chi connectivity index (χ1v) is 8.29. The molecule has 18 heavy (non-hydrogen) atoms. The number of halogens is 1. The Kier molecular flexibility index (Phi) is 4.44. The zero-order valence-corrected chi connectivity index (χ0v) is 14.1. The van der Waals surface area contributed by atoms with Crippen molar-refractivity contribution in [2.24, 2.45) is 0 Å². The molecular formula is C13H22BrN3S. The molecule has 0 aromatic carbocycles. The van der Waals surface area contributed by atoms with Gasteiger partial charge in [0.25, 0.3) is 0 Å². The van der Waals surface area contributed by atoms with Crippen LogP contribution in [0.3, 0.4) is 0 Å². The van der Waals surface area contributed by atoms with E-state index in [4.69, 9.17) is 0 Å². The lowest BCUT2D eigenvalue weighted by Gasteiger charge is -2.37. The Morgan fingerprint density at radius 2 is 2.17 bits per heavy atom. The molecule has 1 aromatic heterocycles. The zero-order valence-electron chi connectivity index (χ0n) is 11.7. The molecule has 0 atom stereocenters. The molecule has 1 fully saturated rings. The molecular weight excluding hydrogens is 310 g/mol. The predicted molar refractivity (Wildman–Crippen MR) is 82.2 cm³/mol. The first kappa shape index (κ1) is 14.4. The SMILES string of the molecule is CCn1nc(C)c(Br)c1CN1CCSC(C)(C)C1. The van der Waals surface area contributed by atoms with E-state index in [1.807, 2.05) is 0 Å². The molecule has 0 radical (unpaired) electrons. The molecule has 1 aromatic rings. The van der Waals surface area contributed by atoms with Crippen LogP contribution in [0, 0.1) is 6.92 Å². The van der Waals surface area contributed by atoms with E-state index in [1.165, 1.54) is 22.5 Å². The molecule has 0 spiro atoms. The average molecular weight is 332 g/mol. The number of rotatable bonds is 3. The zero-order chi connectivity index (χ0) is 13.3. The number of aryl methyl sites for hydroxylation is 2. The topological polar surface area (TPSA) is 21.1 Å². The van der Waals surface area contributed by atoms with E-state index in [2.05, 4.69) is 70.1 Å². The smallest absolute Gasteiger partial charge is 0.0739 e. The highest BCUT2D eigenvalue weighted by Gasteiger charge is 2.28. The maximum Gasteiger partial charge on any atom is 0.0739 e. The third-order valence-corrected chi connectivity index (χ3v) is 5.66. The van der Waals surface area contributed by atoms with Crippen molar-refractivity contribution in [2.75, 3.05) is 18.8 Å². The van der Waals surface area contributed by atoms with E-state index in [9.17, 15) is 0 Å². The maximum absolute atomic E-state index is 4.57. The van der Waals surface area contributed by atoms with Crippen LogP contribution in [-0.4, -0.2) is 38.3 Å². The fraction of sp³-hybridized carbons (Fsp3) is 0.769. The molecule has 1 aliphatic rings. The average Bonchev–Trinajstić information content (AvgIpc) is 2.55. The van der Waals surface area contributed by atoms with Crippen LogP contribution in [0.25, 0.3) is 0 Å². The van der Waals surface area contributed by atoms with Gasteiger partial charge in [-0.1, -0.05) is 0 Å². The van der Waals surface area contributed by atoms with Crippen molar-refractivity contribution in [2.45, 2.75) is 45.5 Å². The van der Waals surface area contributed by atoms with Gasteiger partial charge in [-0.15, -0.1) is 0 Å². The second-order valence-corrected chi connectivity index (χ2v) is 8.08. The van der Waals surface area contributed by atoms with Crippen molar-refractivity contribution in [3.8, 4) is 0 Å². The lowest BCUT2D eigenvalue weighted by Crippen LogP contribution is -2.42. The Morgan fingerprint density at radius 1 is 1.44 bits per heavy atom. The van der Waals surface area contributed by atoms with Gasteiger partial charge >= 0.3 is 0 Å². The third kappa shape index (κ3) is 3.11. The quantitative estimate of drug-likeness (QED) is 0.847. The molecule has 2 heterocycles. The van der Waals surface area contributed by atoms with E-state index < -0.39 is 0 Å². The van der Waals surface area contributed by atoms with Gasteiger partial charge in [-0.05, 0) is 43.6 Å². The summed E-state index contributed by atoms with van der Waals surface area (Å²) in [6.07, 6.45) is 0. The lowest BCUT2D eigenvalue weighted by molar-refractivity contribution is 0.244. The summed E-state index contributed by atoms with van der Waals surface area (Å²) in [7, 11) is 0. The summed E-state index contributed by atoms with van der Waals surface area (Å²) >= 11 is 5.76. The molecule has 0 N–H and O–H groups in total. The van der Waals surface area contributed by atoms with E-state index in [0.29, 0.717) is 4.75 Å². The van der Waals surface area contributed by atoms with Gasteiger partial charge in [0, 0.05) is 36.7 Å². The van der Waals surface area contributed by atoms with Crippen LogP contribution in [-0.2, 0) is 13.1 Å². The standard InChI is InChI=1S/C13H22BrN3S/c1-5-17-11(12(14)10(2)15-17)8-16-6-7-18-13(3,4)9-16/h5-9H2,1-4H3. The molecule has 1 saturated heterocycles. The number of nitrogens with zero attached hydrogens (tertiary/aromatic N) is 3. The van der Waals surface area contributed by atoms with Crippen LogP contribution in [0.15, 0.2) is 4.47 Å². The van der Waals surface area contributed by atoms with Gasteiger partial charge in [0.2, 0.25) is 0 Å². The second-order valence-electron chi connectivity index (χ2n) is 5.48. The summed E-state index contributed by atoms with van der Waals surface area (Å²) < 4.78 is 3.67. The van der Waals surface area contributed by atoms with Crippen LogP contribution >= 0.6 is 27.7 Å². The van der Waals surface area contributed by atoms with Crippen molar-refractivity contribution in [3.05, 3.63) is 15.9 Å². The minimum absolute atomic E-state index is 0.372. The van der Waals surface area contributed by atoms with Crippen LogP contribution < -0.4 is 0 Å². The van der Waals surface area contributed by atoms with Gasteiger partial charge in [0.15, 0.2) is 0 Å². The highest BCUT2D eigenvalue weighted by molar-refractivity contribution is 9.10. The number of hydrogen-bond acceptors (Lipinski definition) is 3. The third-order valence-electron chi connectivity index (χ3n) is 3.33. The van der Waals surface area contributed by atoms with Gasteiger partial charge in [-0.3, -0.25) is 9.58 Å². The molecule has 1 aliphatic heterocycles. The summed E-state index contributed by atoms with van der Waals surface area (Å²) in [4.78, 5) is 2.55. The lowest BCUT2D eigenvalue weighted by atomic mass is 10.2. The molecule has 0 unspecified atom stereocenters. The van der Waals surface area contributed by atoms with E-state index >= 15 is 0 Å². The molecule has 0 aliphatic carbocycles. The minimum atomic E-state index is 0.372. The largest absolute Gasteiger partial charge is 0.295 e. The normalized spacial score (nSPS) is 20.3. The van der Waals surface area contributed by atoms with Gasteiger partial charge < -0.3 is 0 Å². The minimum Gasteiger partial charge on any atom is -0.295 e. The number of thioether (sulfide) groups is 1. The summed E-state index contributed by atoms with van der Waals surface area (Å²) in [5, 5.41) is 4.57.